The second kappa shape index (κ2) is 3.82. The van der Waals surface area contributed by atoms with Crippen molar-refractivity contribution in [1.29, 1.82) is 0 Å². The van der Waals surface area contributed by atoms with Crippen molar-refractivity contribution in [3.63, 3.8) is 0 Å². The van der Waals surface area contributed by atoms with Gasteiger partial charge >= 0.3 is 0 Å². The van der Waals surface area contributed by atoms with E-state index >= 15 is 0 Å². The van der Waals surface area contributed by atoms with E-state index in [0.29, 0.717) is 16.4 Å². The first-order valence-electron chi connectivity index (χ1n) is 4.41. The number of rotatable bonds is 2. The number of aryl methyl sites for hydroxylation is 2. The molecule has 6 heteroatoms. The van der Waals surface area contributed by atoms with Crippen molar-refractivity contribution >= 4 is 18.4 Å². The maximum atomic E-state index is 5.33. The van der Waals surface area contributed by atoms with Gasteiger partial charge in [0.05, 0.1) is 6.21 Å². The molecule has 0 saturated heterocycles. The number of aromatic nitrogens is 3. The number of nitrogens with one attached hydrogen (secondary N) is 1. The van der Waals surface area contributed by atoms with Gasteiger partial charge in [0.2, 0.25) is 4.77 Å². The van der Waals surface area contributed by atoms with E-state index in [1.54, 1.807) is 6.21 Å². The molecular weight excluding hydrogens is 212 g/mol. The fourth-order valence-corrected chi connectivity index (χ4v) is 1.37. The Labute approximate surface area is 91.4 Å². The number of nitrogens with zero attached hydrogens (tertiary/aromatic N) is 3. The van der Waals surface area contributed by atoms with Crippen LogP contribution in [0.1, 0.15) is 17.3 Å². The van der Waals surface area contributed by atoms with Crippen LogP contribution in [0.4, 0.5) is 0 Å². The first-order valence-corrected chi connectivity index (χ1v) is 4.82. The van der Waals surface area contributed by atoms with Crippen molar-refractivity contribution in [2.45, 2.75) is 13.8 Å². The third kappa shape index (κ3) is 2.04. The molecule has 2 heterocycles. The highest BCUT2D eigenvalue weighted by molar-refractivity contribution is 7.71. The van der Waals surface area contributed by atoms with Crippen LogP contribution in [0.3, 0.4) is 0 Å². The Kier molecular flexibility index (Phi) is 2.51. The van der Waals surface area contributed by atoms with E-state index in [-0.39, 0.29) is 0 Å². The molecule has 0 bridgehead atoms. The van der Waals surface area contributed by atoms with E-state index in [9.17, 15) is 0 Å². The normalized spacial score (nSPS) is 11.3. The smallest absolute Gasteiger partial charge is 0.216 e. The van der Waals surface area contributed by atoms with Crippen LogP contribution >= 0.6 is 12.2 Å². The Morgan fingerprint density at radius 2 is 2.33 bits per heavy atom. The van der Waals surface area contributed by atoms with E-state index in [1.807, 2.05) is 26.0 Å². The van der Waals surface area contributed by atoms with Gasteiger partial charge in [-0.1, -0.05) is 0 Å². The Morgan fingerprint density at radius 3 is 2.87 bits per heavy atom. The van der Waals surface area contributed by atoms with Crippen molar-refractivity contribution < 1.29 is 4.42 Å². The molecule has 0 aliphatic carbocycles. The standard InChI is InChI=1S/C9H10N4OS/c1-6-3-4-8(14-6)5-10-13-7(2)11-12-9(13)15/h3-5H,1-2H3,(H,12,15)/b10-5+. The summed E-state index contributed by atoms with van der Waals surface area (Å²) >= 11 is 4.99. The summed E-state index contributed by atoms with van der Waals surface area (Å²) in [5.41, 5.74) is 0. The van der Waals surface area contributed by atoms with Gasteiger partial charge in [0.1, 0.15) is 17.3 Å². The molecule has 0 aromatic carbocycles. The predicted octanol–water partition coefficient (Wildman–Crippen LogP) is 2.03. The zero-order chi connectivity index (χ0) is 10.8. The molecule has 0 radical (unpaired) electrons. The number of H-pyrrole nitrogens is 1. The van der Waals surface area contributed by atoms with Crippen molar-refractivity contribution in [2.24, 2.45) is 5.10 Å². The fraction of sp³-hybridized carbons (Fsp3) is 0.222. The van der Waals surface area contributed by atoms with Gasteiger partial charge < -0.3 is 4.42 Å². The Hall–Kier alpha value is -1.69. The van der Waals surface area contributed by atoms with E-state index in [4.69, 9.17) is 16.6 Å². The highest BCUT2D eigenvalue weighted by Crippen LogP contribution is 2.03. The minimum absolute atomic E-state index is 0.465. The molecule has 0 aliphatic rings. The molecule has 2 rings (SSSR count). The molecule has 15 heavy (non-hydrogen) atoms. The van der Waals surface area contributed by atoms with E-state index in [2.05, 4.69) is 15.3 Å². The van der Waals surface area contributed by atoms with Crippen molar-refractivity contribution in [1.82, 2.24) is 14.9 Å². The molecule has 2 aromatic heterocycles. The summed E-state index contributed by atoms with van der Waals surface area (Å²) in [5.74, 6) is 2.25. The average molecular weight is 222 g/mol. The second-order valence-electron chi connectivity index (χ2n) is 3.08. The first kappa shape index (κ1) is 9.85. The zero-order valence-corrected chi connectivity index (χ0v) is 9.21. The van der Waals surface area contributed by atoms with Crippen LogP contribution < -0.4 is 0 Å². The summed E-state index contributed by atoms with van der Waals surface area (Å²) in [7, 11) is 0. The topological polar surface area (TPSA) is 59.1 Å². The minimum Gasteiger partial charge on any atom is -0.460 e. The monoisotopic (exact) mass is 222 g/mol. The van der Waals surface area contributed by atoms with E-state index in [1.165, 1.54) is 4.68 Å². The van der Waals surface area contributed by atoms with Crippen LogP contribution in [-0.2, 0) is 0 Å². The average Bonchev–Trinajstić information content (AvgIpc) is 2.73. The highest BCUT2D eigenvalue weighted by atomic mass is 32.1. The molecule has 1 N–H and O–H groups in total. The molecule has 0 saturated carbocycles. The van der Waals surface area contributed by atoms with Gasteiger partial charge in [-0.25, -0.2) is 0 Å². The van der Waals surface area contributed by atoms with Crippen molar-refractivity contribution in [3.05, 3.63) is 34.2 Å². The van der Waals surface area contributed by atoms with Crippen LogP contribution in [0.2, 0.25) is 0 Å². The molecule has 0 unspecified atom stereocenters. The van der Waals surface area contributed by atoms with Gasteiger partial charge in [-0.2, -0.15) is 14.9 Å². The lowest BCUT2D eigenvalue weighted by molar-refractivity contribution is 0.527. The molecule has 5 nitrogen and oxygen atoms in total. The minimum atomic E-state index is 0.465. The maximum Gasteiger partial charge on any atom is 0.216 e. The van der Waals surface area contributed by atoms with Crippen LogP contribution in [0.15, 0.2) is 21.7 Å². The third-order valence-electron chi connectivity index (χ3n) is 1.87. The Morgan fingerprint density at radius 1 is 1.53 bits per heavy atom. The summed E-state index contributed by atoms with van der Waals surface area (Å²) in [6.07, 6.45) is 1.60. The molecule has 0 fully saturated rings. The van der Waals surface area contributed by atoms with Gasteiger partial charge in [0.25, 0.3) is 0 Å². The molecule has 0 spiro atoms. The van der Waals surface area contributed by atoms with Gasteiger partial charge in [-0.3, -0.25) is 5.10 Å². The van der Waals surface area contributed by atoms with Crippen molar-refractivity contribution in [2.75, 3.05) is 0 Å². The SMILES string of the molecule is Cc1ccc(/C=N/n2c(C)n[nH]c2=S)o1. The lowest BCUT2D eigenvalue weighted by Gasteiger charge is -1.91. The van der Waals surface area contributed by atoms with Crippen molar-refractivity contribution in [3.8, 4) is 0 Å². The maximum absolute atomic E-state index is 5.33. The number of hydrogen-bond acceptors (Lipinski definition) is 4. The van der Waals surface area contributed by atoms with Crippen LogP contribution in [0.5, 0.6) is 0 Å². The molecular formula is C9H10N4OS. The molecule has 0 aliphatic heterocycles. The molecule has 78 valence electrons. The Bertz CT molecular complexity index is 548. The summed E-state index contributed by atoms with van der Waals surface area (Å²) in [6, 6.07) is 3.72. The third-order valence-corrected chi connectivity index (χ3v) is 2.14. The number of furan rings is 1. The van der Waals surface area contributed by atoms with Gasteiger partial charge in [-0.15, -0.1) is 0 Å². The largest absolute Gasteiger partial charge is 0.460 e. The first-order chi connectivity index (χ1) is 7.16. The fourth-order valence-electron chi connectivity index (χ4n) is 1.14. The zero-order valence-electron chi connectivity index (χ0n) is 8.39. The second-order valence-corrected chi connectivity index (χ2v) is 3.47. The highest BCUT2D eigenvalue weighted by Gasteiger charge is 1.98. The predicted molar refractivity (Wildman–Crippen MR) is 58.6 cm³/mol. The van der Waals surface area contributed by atoms with Crippen LogP contribution in [0.25, 0.3) is 0 Å². The quantitative estimate of drug-likeness (QED) is 0.624. The van der Waals surface area contributed by atoms with Crippen LogP contribution in [-0.4, -0.2) is 21.1 Å². The molecule has 0 amide bonds. The number of hydrogen-bond donors (Lipinski definition) is 1. The van der Waals surface area contributed by atoms with E-state index in [0.717, 1.165) is 5.76 Å². The van der Waals surface area contributed by atoms with Gasteiger partial charge in [-0.05, 0) is 38.2 Å². The van der Waals surface area contributed by atoms with Crippen LogP contribution in [0, 0.1) is 18.6 Å². The Balaban J connectivity index is 2.29. The summed E-state index contributed by atoms with van der Waals surface area (Å²) < 4.78 is 7.33. The van der Waals surface area contributed by atoms with Gasteiger partial charge in [0, 0.05) is 0 Å². The molecule has 2 aromatic rings. The summed E-state index contributed by atoms with van der Waals surface area (Å²) in [6.45, 7) is 3.70. The lowest BCUT2D eigenvalue weighted by atomic mass is 10.4. The van der Waals surface area contributed by atoms with Gasteiger partial charge in [0.15, 0.2) is 0 Å². The summed E-state index contributed by atoms with van der Waals surface area (Å²) in [4.78, 5) is 0. The molecule has 0 atom stereocenters. The van der Waals surface area contributed by atoms with E-state index < -0.39 is 0 Å². The lowest BCUT2D eigenvalue weighted by Crippen LogP contribution is -1.92. The summed E-state index contributed by atoms with van der Waals surface area (Å²) in [5, 5.41) is 10.7. The number of aromatic amines is 1.